The Hall–Kier alpha value is -3.15. The zero-order valence-corrected chi connectivity index (χ0v) is 14.2. The number of hydrogen-bond donors (Lipinski definition) is 2. The van der Waals surface area contributed by atoms with E-state index in [1.54, 1.807) is 35.2 Å². The minimum absolute atomic E-state index is 0.0191. The third kappa shape index (κ3) is 3.91. The minimum atomic E-state index is -1.12. The lowest BCUT2D eigenvalue weighted by atomic mass is 10.0. The first-order valence-electron chi connectivity index (χ1n) is 8.51. The fraction of sp³-hybridized carbons (Fsp3) is 0.250. The van der Waals surface area contributed by atoms with Crippen molar-refractivity contribution in [2.45, 2.75) is 25.3 Å². The van der Waals surface area contributed by atoms with Gasteiger partial charge in [0.15, 0.2) is 6.04 Å². The number of para-hydroxylation sites is 1. The fourth-order valence-corrected chi connectivity index (χ4v) is 3.12. The molecule has 2 N–H and O–H groups in total. The van der Waals surface area contributed by atoms with E-state index in [1.807, 2.05) is 24.3 Å². The molecule has 2 amide bonds. The second kappa shape index (κ2) is 7.82. The molecule has 0 saturated heterocycles. The number of aryl methyl sites for hydroxylation is 1. The SMILES string of the molecule is O=C(CCN1C(=O)CCc2ccccc21)N[C@@H](C(=O)O)c1ccccc1. The molecule has 1 atom stereocenters. The summed E-state index contributed by atoms with van der Waals surface area (Å²) in [5.74, 6) is -1.55. The van der Waals surface area contributed by atoms with E-state index in [1.165, 1.54) is 0 Å². The van der Waals surface area contributed by atoms with Crippen LogP contribution in [0.5, 0.6) is 0 Å². The Bertz CT molecular complexity index is 820. The van der Waals surface area contributed by atoms with Crippen molar-refractivity contribution in [2.75, 3.05) is 11.4 Å². The summed E-state index contributed by atoms with van der Waals surface area (Å²) >= 11 is 0. The highest BCUT2D eigenvalue weighted by atomic mass is 16.4. The van der Waals surface area contributed by atoms with Gasteiger partial charge in [0.1, 0.15) is 0 Å². The first kappa shape index (κ1) is 17.7. The molecule has 0 spiro atoms. The predicted octanol–water partition coefficient (Wildman–Crippen LogP) is 2.30. The van der Waals surface area contributed by atoms with Crippen LogP contribution in [0.4, 0.5) is 5.69 Å². The van der Waals surface area contributed by atoms with Crippen molar-refractivity contribution >= 4 is 23.5 Å². The highest BCUT2D eigenvalue weighted by Gasteiger charge is 2.26. The molecule has 6 heteroatoms. The van der Waals surface area contributed by atoms with Gasteiger partial charge in [0.05, 0.1) is 0 Å². The molecule has 0 aromatic heterocycles. The Morgan fingerprint density at radius 2 is 1.73 bits per heavy atom. The van der Waals surface area contributed by atoms with Gasteiger partial charge in [0.25, 0.3) is 0 Å². The topological polar surface area (TPSA) is 86.7 Å². The normalized spacial score (nSPS) is 14.5. The number of nitrogens with zero attached hydrogens (tertiary/aromatic N) is 1. The number of rotatable bonds is 6. The second-order valence-electron chi connectivity index (χ2n) is 6.17. The Morgan fingerprint density at radius 1 is 1.04 bits per heavy atom. The molecule has 3 rings (SSSR count). The van der Waals surface area contributed by atoms with Gasteiger partial charge in [-0.2, -0.15) is 0 Å². The van der Waals surface area contributed by atoms with Gasteiger partial charge in [-0.25, -0.2) is 4.79 Å². The summed E-state index contributed by atoms with van der Waals surface area (Å²) in [4.78, 5) is 37.6. The number of aliphatic carboxylic acids is 1. The van der Waals surface area contributed by atoms with E-state index in [2.05, 4.69) is 5.32 Å². The molecule has 0 saturated carbocycles. The van der Waals surface area contributed by atoms with E-state index in [4.69, 9.17) is 0 Å². The maximum atomic E-state index is 12.3. The van der Waals surface area contributed by atoms with Crippen molar-refractivity contribution < 1.29 is 19.5 Å². The third-order valence-electron chi connectivity index (χ3n) is 4.44. The van der Waals surface area contributed by atoms with Crippen molar-refractivity contribution in [3.8, 4) is 0 Å². The highest BCUT2D eigenvalue weighted by molar-refractivity contribution is 5.97. The summed E-state index contributed by atoms with van der Waals surface area (Å²) in [6, 6.07) is 15.1. The number of fused-ring (bicyclic) bond motifs is 1. The van der Waals surface area contributed by atoms with Crippen molar-refractivity contribution in [1.29, 1.82) is 0 Å². The highest BCUT2D eigenvalue weighted by Crippen LogP contribution is 2.27. The molecular formula is C20H20N2O4. The van der Waals surface area contributed by atoms with Crippen LogP contribution >= 0.6 is 0 Å². The van der Waals surface area contributed by atoms with Gasteiger partial charge in [-0.1, -0.05) is 48.5 Å². The fourth-order valence-electron chi connectivity index (χ4n) is 3.12. The van der Waals surface area contributed by atoms with Crippen LogP contribution in [-0.4, -0.2) is 29.4 Å². The van der Waals surface area contributed by atoms with E-state index >= 15 is 0 Å². The zero-order chi connectivity index (χ0) is 18.5. The van der Waals surface area contributed by atoms with Gasteiger partial charge in [-0.05, 0) is 23.6 Å². The number of carbonyl (C=O) groups excluding carboxylic acids is 2. The molecule has 0 unspecified atom stereocenters. The molecule has 0 aliphatic carbocycles. The molecule has 0 fully saturated rings. The van der Waals surface area contributed by atoms with Crippen LogP contribution in [0.3, 0.4) is 0 Å². The van der Waals surface area contributed by atoms with Crippen molar-refractivity contribution in [2.24, 2.45) is 0 Å². The van der Waals surface area contributed by atoms with Crippen LogP contribution in [0.25, 0.3) is 0 Å². The summed E-state index contributed by atoms with van der Waals surface area (Å²) in [7, 11) is 0. The smallest absolute Gasteiger partial charge is 0.330 e. The molecule has 134 valence electrons. The van der Waals surface area contributed by atoms with E-state index in [-0.39, 0.29) is 18.9 Å². The van der Waals surface area contributed by atoms with E-state index in [0.717, 1.165) is 11.3 Å². The Morgan fingerprint density at radius 3 is 2.46 bits per heavy atom. The van der Waals surface area contributed by atoms with Gasteiger partial charge in [0.2, 0.25) is 11.8 Å². The number of carboxylic acids is 1. The van der Waals surface area contributed by atoms with Crippen molar-refractivity contribution in [3.63, 3.8) is 0 Å². The van der Waals surface area contributed by atoms with Gasteiger partial charge < -0.3 is 15.3 Å². The lowest BCUT2D eigenvalue weighted by Crippen LogP contribution is -2.39. The molecule has 26 heavy (non-hydrogen) atoms. The zero-order valence-electron chi connectivity index (χ0n) is 14.2. The van der Waals surface area contributed by atoms with E-state index in [9.17, 15) is 19.5 Å². The molecule has 0 bridgehead atoms. The monoisotopic (exact) mass is 352 g/mol. The van der Waals surface area contributed by atoms with Crippen molar-refractivity contribution in [3.05, 3.63) is 65.7 Å². The number of benzene rings is 2. The van der Waals surface area contributed by atoms with Crippen molar-refractivity contribution in [1.82, 2.24) is 5.32 Å². The average molecular weight is 352 g/mol. The van der Waals surface area contributed by atoms with Crippen LogP contribution in [-0.2, 0) is 20.8 Å². The molecular weight excluding hydrogens is 332 g/mol. The number of hydrogen-bond acceptors (Lipinski definition) is 3. The van der Waals surface area contributed by atoms with Gasteiger partial charge >= 0.3 is 5.97 Å². The first-order chi connectivity index (χ1) is 12.6. The summed E-state index contributed by atoms with van der Waals surface area (Å²) in [6.45, 7) is 0.225. The Labute approximate surface area is 151 Å². The number of amides is 2. The lowest BCUT2D eigenvalue weighted by Gasteiger charge is -2.29. The maximum absolute atomic E-state index is 12.3. The second-order valence-corrected chi connectivity index (χ2v) is 6.17. The van der Waals surface area contributed by atoms with E-state index in [0.29, 0.717) is 18.4 Å². The van der Waals surface area contributed by atoms with Gasteiger partial charge in [-0.15, -0.1) is 0 Å². The summed E-state index contributed by atoms with van der Waals surface area (Å²) in [5.41, 5.74) is 2.42. The molecule has 1 aliphatic heterocycles. The van der Waals surface area contributed by atoms with Crippen LogP contribution in [0, 0.1) is 0 Å². The van der Waals surface area contributed by atoms with Crippen LogP contribution in [0.1, 0.15) is 30.0 Å². The molecule has 6 nitrogen and oxygen atoms in total. The number of anilines is 1. The molecule has 1 aliphatic rings. The number of carboxylic acid groups (broad SMARTS) is 1. The minimum Gasteiger partial charge on any atom is -0.479 e. The number of nitrogens with one attached hydrogen (secondary N) is 1. The lowest BCUT2D eigenvalue weighted by molar-refractivity contribution is -0.142. The van der Waals surface area contributed by atoms with Gasteiger partial charge in [0, 0.05) is 25.1 Å². The van der Waals surface area contributed by atoms with Crippen LogP contribution in [0.2, 0.25) is 0 Å². The number of carbonyl (C=O) groups is 3. The van der Waals surface area contributed by atoms with Crippen LogP contribution < -0.4 is 10.2 Å². The Kier molecular flexibility index (Phi) is 5.31. The summed E-state index contributed by atoms with van der Waals surface area (Å²) in [5, 5.41) is 11.9. The quantitative estimate of drug-likeness (QED) is 0.835. The average Bonchev–Trinajstić information content (AvgIpc) is 2.65. The maximum Gasteiger partial charge on any atom is 0.330 e. The largest absolute Gasteiger partial charge is 0.479 e. The third-order valence-corrected chi connectivity index (χ3v) is 4.44. The molecule has 1 heterocycles. The van der Waals surface area contributed by atoms with E-state index < -0.39 is 17.9 Å². The molecule has 2 aromatic carbocycles. The predicted molar refractivity (Wildman–Crippen MR) is 96.7 cm³/mol. The molecule has 0 radical (unpaired) electrons. The summed E-state index contributed by atoms with van der Waals surface area (Å²) in [6.07, 6.45) is 1.16. The summed E-state index contributed by atoms with van der Waals surface area (Å²) < 4.78 is 0. The molecule has 2 aromatic rings. The Balaban J connectivity index is 1.65. The first-order valence-corrected chi connectivity index (χ1v) is 8.51. The van der Waals surface area contributed by atoms with Gasteiger partial charge in [-0.3, -0.25) is 9.59 Å². The standard InChI is InChI=1S/C20H20N2O4/c23-17(21-19(20(25)26)15-7-2-1-3-8-15)12-13-22-16-9-5-4-6-14(16)10-11-18(22)24/h1-9,19H,10-13H2,(H,21,23)(H,25,26)/t19-/m1/s1. The van der Waals surface area contributed by atoms with Crippen LogP contribution in [0.15, 0.2) is 54.6 Å².